The summed E-state index contributed by atoms with van der Waals surface area (Å²) in [5, 5.41) is 13.8. The number of quaternary nitrogens is 1. The zero-order valence-corrected chi connectivity index (χ0v) is 41.5. The summed E-state index contributed by atoms with van der Waals surface area (Å²) in [6, 6.07) is -0.912. The average Bonchev–Trinajstić information content (AvgIpc) is 3.21. The lowest BCUT2D eigenvalue weighted by Gasteiger charge is -2.29. The Labute approximate surface area is 378 Å². The minimum absolute atomic E-state index is 0.0105. The van der Waals surface area contributed by atoms with Crippen LogP contribution in [0.4, 0.5) is 0 Å². The zero-order valence-electron chi connectivity index (χ0n) is 40.6. The number of aliphatic hydroxyl groups is 1. The molecule has 8 nitrogen and oxygen atoms in total. The molecule has 0 radical (unpaired) electrons. The molecule has 0 aliphatic carbocycles. The van der Waals surface area contributed by atoms with Gasteiger partial charge in [0, 0.05) is 6.42 Å². The van der Waals surface area contributed by atoms with Crippen LogP contribution in [0, 0.1) is 0 Å². The van der Waals surface area contributed by atoms with Gasteiger partial charge in [-0.3, -0.25) is 9.36 Å². The summed E-state index contributed by atoms with van der Waals surface area (Å²) in [7, 11) is 1.23. The van der Waals surface area contributed by atoms with E-state index in [1.807, 2.05) is 27.2 Å². The molecule has 0 aliphatic heterocycles. The first-order valence-corrected chi connectivity index (χ1v) is 27.0. The third-order valence-electron chi connectivity index (χ3n) is 11.2. The minimum Gasteiger partial charge on any atom is -0.756 e. The molecule has 1 amide bonds. The molecule has 0 aromatic rings. The second kappa shape index (κ2) is 43.7. The van der Waals surface area contributed by atoms with Gasteiger partial charge < -0.3 is 28.8 Å². The highest BCUT2D eigenvalue weighted by Gasteiger charge is 2.23. The monoisotopic (exact) mass is 879 g/mol. The number of likely N-dealkylation sites (N-methyl/N-ethyl adjacent to an activating group) is 1. The van der Waals surface area contributed by atoms with Crippen molar-refractivity contribution in [3.63, 3.8) is 0 Å². The fraction of sp³-hybridized carbons (Fsp3) is 0.827. The summed E-state index contributed by atoms with van der Waals surface area (Å²) in [4.78, 5) is 25.4. The predicted molar refractivity (Wildman–Crippen MR) is 261 cm³/mol. The molecule has 0 saturated carbocycles. The van der Waals surface area contributed by atoms with E-state index in [0.29, 0.717) is 17.4 Å². The number of hydrogen-bond acceptors (Lipinski definition) is 6. The molecule has 2 N–H and O–H groups in total. The first-order valence-electron chi connectivity index (χ1n) is 25.5. The van der Waals surface area contributed by atoms with Crippen LogP contribution in [-0.2, 0) is 18.4 Å². The Kier molecular flexibility index (Phi) is 42.6. The van der Waals surface area contributed by atoms with Crippen LogP contribution in [0.1, 0.15) is 226 Å². The Morgan fingerprint density at radius 3 is 1.33 bits per heavy atom. The number of aliphatic hydroxyl groups excluding tert-OH is 1. The number of nitrogens with zero attached hydrogens (tertiary/aromatic N) is 1. The Morgan fingerprint density at radius 2 is 0.918 bits per heavy atom. The van der Waals surface area contributed by atoms with Gasteiger partial charge in [-0.1, -0.05) is 197 Å². The molecule has 0 saturated heterocycles. The van der Waals surface area contributed by atoms with Crippen molar-refractivity contribution in [2.45, 2.75) is 238 Å². The van der Waals surface area contributed by atoms with Crippen molar-refractivity contribution < 1.29 is 32.9 Å². The Morgan fingerprint density at radius 1 is 0.557 bits per heavy atom. The predicted octanol–water partition coefficient (Wildman–Crippen LogP) is 14.2. The van der Waals surface area contributed by atoms with E-state index < -0.39 is 26.6 Å². The van der Waals surface area contributed by atoms with Crippen LogP contribution in [0.2, 0.25) is 0 Å². The van der Waals surface area contributed by atoms with E-state index in [-0.39, 0.29) is 12.5 Å². The van der Waals surface area contributed by atoms with E-state index in [4.69, 9.17) is 9.05 Å². The largest absolute Gasteiger partial charge is 0.756 e. The third-order valence-corrected chi connectivity index (χ3v) is 12.2. The molecule has 0 heterocycles. The topological polar surface area (TPSA) is 108 Å². The van der Waals surface area contributed by atoms with Crippen molar-refractivity contribution in [1.82, 2.24) is 5.32 Å². The number of nitrogens with one attached hydrogen (secondary N) is 1. The maximum Gasteiger partial charge on any atom is 0.268 e. The maximum absolute atomic E-state index is 12.9. The summed E-state index contributed by atoms with van der Waals surface area (Å²) in [5.41, 5.74) is 0. The lowest BCUT2D eigenvalue weighted by atomic mass is 10.1. The molecule has 0 aromatic heterocycles. The summed E-state index contributed by atoms with van der Waals surface area (Å²) >= 11 is 0. The summed E-state index contributed by atoms with van der Waals surface area (Å²) < 4.78 is 23.2. The number of phosphoric acid groups is 1. The molecule has 0 bridgehead atoms. The third kappa shape index (κ3) is 46.3. The van der Waals surface area contributed by atoms with Gasteiger partial charge in [0.1, 0.15) is 13.2 Å². The standard InChI is InChI=1S/C52H99N2O6P/c1-6-8-10-12-14-16-18-20-22-24-26-28-29-31-33-35-37-39-41-43-45-51(55)50(49-60-61(57,58)59-48-47-54(3,4)5)53-52(56)46-44-42-40-38-36-34-32-30-27-25-23-21-19-17-15-13-11-9-7-2/h25,27-29,35,37,43,45,50-51,55H,6-24,26,30-34,36,38-42,44,46-49H2,1-5H3,(H-,53,56,57,58)/b27-25-,29-28+,37-35+,45-43+. The average molecular weight is 879 g/mol. The van der Waals surface area contributed by atoms with Crippen LogP contribution >= 0.6 is 7.82 Å². The van der Waals surface area contributed by atoms with Crippen LogP contribution in [-0.4, -0.2) is 68.5 Å². The van der Waals surface area contributed by atoms with E-state index in [1.54, 1.807) is 6.08 Å². The van der Waals surface area contributed by atoms with Crippen molar-refractivity contribution in [3.05, 3.63) is 48.6 Å². The van der Waals surface area contributed by atoms with Gasteiger partial charge in [-0.05, 0) is 70.6 Å². The highest BCUT2D eigenvalue weighted by atomic mass is 31.2. The van der Waals surface area contributed by atoms with E-state index >= 15 is 0 Å². The molecule has 0 fully saturated rings. The Bertz CT molecular complexity index is 1130. The van der Waals surface area contributed by atoms with E-state index in [2.05, 4.69) is 55.6 Å². The van der Waals surface area contributed by atoms with Crippen LogP contribution < -0.4 is 10.2 Å². The van der Waals surface area contributed by atoms with Crippen LogP contribution in [0.5, 0.6) is 0 Å². The molecule has 0 aliphatic rings. The number of carbonyl (C=O) groups is 1. The van der Waals surface area contributed by atoms with Gasteiger partial charge in [0.25, 0.3) is 7.82 Å². The first-order chi connectivity index (χ1) is 29.5. The minimum atomic E-state index is -4.61. The van der Waals surface area contributed by atoms with E-state index in [9.17, 15) is 19.4 Å². The molecular formula is C52H99N2O6P. The van der Waals surface area contributed by atoms with E-state index in [0.717, 1.165) is 44.9 Å². The van der Waals surface area contributed by atoms with Crippen LogP contribution in [0.25, 0.3) is 0 Å². The summed E-state index contributed by atoms with van der Waals surface area (Å²) in [6.07, 6.45) is 56.0. The molecule has 3 atom stereocenters. The number of allylic oxidation sites excluding steroid dienone is 7. The van der Waals surface area contributed by atoms with Crippen molar-refractivity contribution >= 4 is 13.7 Å². The SMILES string of the molecule is CCCCCCCCCC/C=C\CCCCCCCCCC(=O)NC(COP(=O)([O-])OCC[N+](C)(C)C)C(O)/C=C/CC/C=C/CC/C=C/CCCCCCCCCCCC. The second-order valence-electron chi connectivity index (χ2n) is 18.5. The van der Waals surface area contributed by atoms with E-state index in [1.165, 1.54) is 161 Å². The molecule has 3 unspecified atom stereocenters. The van der Waals surface area contributed by atoms with Crippen molar-refractivity contribution in [3.8, 4) is 0 Å². The molecule has 61 heavy (non-hydrogen) atoms. The zero-order chi connectivity index (χ0) is 45.0. The number of phosphoric ester groups is 1. The number of carbonyl (C=O) groups excluding carboxylic acids is 1. The molecular weight excluding hydrogens is 780 g/mol. The smallest absolute Gasteiger partial charge is 0.268 e. The van der Waals surface area contributed by atoms with Gasteiger partial charge in [-0.15, -0.1) is 0 Å². The van der Waals surface area contributed by atoms with Crippen molar-refractivity contribution in [1.29, 1.82) is 0 Å². The number of hydrogen-bond donors (Lipinski definition) is 2. The van der Waals surface area contributed by atoms with Gasteiger partial charge in [0.2, 0.25) is 5.91 Å². The normalized spacial score (nSPS) is 14.5. The molecule has 0 rings (SSSR count). The highest BCUT2D eigenvalue weighted by Crippen LogP contribution is 2.38. The quantitative estimate of drug-likeness (QED) is 0.0273. The Hall–Kier alpha value is -1.54. The maximum atomic E-state index is 12.9. The molecule has 0 spiro atoms. The van der Waals surface area contributed by atoms with Gasteiger partial charge in [-0.25, -0.2) is 0 Å². The van der Waals surface area contributed by atoms with Crippen LogP contribution in [0.15, 0.2) is 48.6 Å². The number of amides is 1. The number of rotatable bonds is 46. The first kappa shape index (κ1) is 59.5. The Balaban J connectivity index is 4.41. The summed E-state index contributed by atoms with van der Waals surface area (Å²) in [6.45, 7) is 4.62. The molecule has 0 aromatic carbocycles. The van der Waals surface area contributed by atoms with Crippen LogP contribution in [0.3, 0.4) is 0 Å². The van der Waals surface area contributed by atoms with Gasteiger partial charge in [0.15, 0.2) is 0 Å². The second-order valence-corrected chi connectivity index (χ2v) is 19.9. The molecule has 358 valence electrons. The van der Waals surface area contributed by atoms with Crippen molar-refractivity contribution in [2.24, 2.45) is 0 Å². The van der Waals surface area contributed by atoms with Gasteiger partial charge in [-0.2, -0.15) is 0 Å². The fourth-order valence-corrected chi connectivity index (χ4v) is 7.90. The summed E-state index contributed by atoms with van der Waals surface area (Å²) in [5.74, 6) is -0.216. The van der Waals surface area contributed by atoms with Gasteiger partial charge in [0.05, 0.1) is 39.9 Å². The molecule has 9 heteroatoms. The number of unbranched alkanes of at least 4 members (excludes halogenated alkanes) is 27. The fourth-order valence-electron chi connectivity index (χ4n) is 7.18. The van der Waals surface area contributed by atoms with Crippen molar-refractivity contribution in [2.75, 3.05) is 40.9 Å². The highest BCUT2D eigenvalue weighted by molar-refractivity contribution is 7.45. The lowest BCUT2D eigenvalue weighted by Crippen LogP contribution is -2.45. The lowest BCUT2D eigenvalue weighted by molar-refractivity contribution is -0.870. The van der Waals surface area contributed by atoms with Gasteiger partial charge >= 0.3 is 0 Å².